The van der Waals surface area contributed by atoms with Crippen molar-refractivity contribution in [2.24, 2.45) is 0 Å². The number of para-hydroxylation sites is 2. The van der Waals surface area contributed by atoms with Crippen LogP contribution < -0.4 is 4.74 Å². The molecule has 0 aliphatic carbocycles. The van der Waals surface area contributed by atoms with E-state index in [1.165, 1.54) is 7.11 Å². The zero-order valence-corrected chi connectivity index (χ0v) is 15.0. The lowest BCUT2D eigenvalue weighted by Crippen LogP contribution is -2.00. The Morgan fingerprint density at radius 2 is 1.44 bits per heavy atom. The molecule has 3 rings (SSSR count). The van der Waals surface area contributed by atoms with E-state index in [1.807, 2.05) is 91.0 Å². The van der Waals surface area contributed by atoms with Crippen LogP contribution in [0.25, 0.3) is 12.2 Å². The van der Waals surface area contributed by atoms with Crippen molar-refractivity contribution in [1.82, 2.24) is 0 Å². The molecule has 134 valence electrons. The van der Waals surface area contributed by atoms with Crippen LogP contribution in [0, 0.1) is 0 Å². The summed E-state index contributed by atoms with van der Waals surface area (Å²) in [6, 6.07) is 24.8. The summed E-state index contributed by atoms with van der Waals surface area (Å²) in [5.41, 5.74) is 2.53. The van der Waals surface area contributed by atoms with Gasteiger partial charge in [0.2, 0.25) is 0 Å². The molecular formula is C24H20O3. The van der Waals surface area contributed by atoms with Gasteiger partial charge in [-0.05, 0) is 35.9 Å². The second-order valence-electron chi connectivity index (χ2n) is 5.78. The SMILES string of the molecule is COC(=O)c1ccc(/C=C/C=C/c2ccccc2Oc2ccccc2)cc1. The standard InChI is InChI=1S/C24H20O3/c1-26-24(25)21-17-15-19(16-18-21)9-5-6-10-20-11-7-8-14-23(20)27-22-12-3-2-4-13-22/h2-18H,1H3/b9-5+,10-6+. The second-order valence-corrected chi connectivity index (χ2v) is 5.78. The highest BCUT2D eigenvalue weighted by Crippen LogP contribution is 2.26. The highest BCUT2D eigenvalue weighted by Gasteiger charge is 2.03. The van der Waals surface area contributed by atoms with Crippen molar-refractivity contribution in [3.05, 3.63) is 108 Å². The molecular weight excluding hydrogens is 336 g/mol. The van der Waals surface area contributed by atoms with Gasteiger partial charge < -0.3 is 9.47 Å². The van der Waals surface area contributed by atoms with E-state index in [-0.39, 0.29) is 5.97 Å². The first kappa shape index (κ1) is 18.2. The quantitative estimate of drug-likeness (QED) is 0.402. The molecule has 0 unspecified atom stereocenters. The zero-order chi connectivity index (χ0) is 18.9. The summed E-state index contributed by atoms with van der Waals surface area (Å²) in [7, 11) is 1.38. The summed E-state index contributed by atoms with van der Waals surface area (Å²) in [6.45, 7) is 0. The Morgan fingerprint density at radius 3 is 2.19 bits per heavy atom. The number of ether oxygens (including phenoxy) is 2. The van der Waals surface area contributed by atoms with E-state index in [0.29, 0.717) is 5.56 Å². The van der Waals surface area contributed by atoms with Gasteiger partial charge in [0.15, 0.2) is 0 Å². The third kappa shape index (κ3) is 5.19. The molecule has 0 spiro atoms. The Morgan fingerprint density at radius 1 is 0.778 bits per heavy atom. The number of carbonyl (C=O) groups excluding carboxylic acids is 1. The first-order chi connectivity index (χ1) is 13.3. The minimum atomic E-state index is -0.333. The monoisotopic (exact) mass is 356 g/mol. The molecule has 0 saturated heterocycles. The molecule has 0 radical (unpaired) electrons. The molecule has 3 heteroatoms. The van der Waals surface area contributed by atoms with Crippen molar-refractivity contribution in [2.75, 3.05) is 7.11 Å². The van der Waals surface area contributed by atoms with E-state index in [0.717, 1.165) is 22.6 Å². The van der Waals surface area contributed by atoms with Crippen molar-refractivity contribution in [3.8, 4) is 11.5 Å². The number of hydrogen-bond donors (Lipinski definition) is 0. The molecule has 3 nitrogen and oxygen atoms in total. The Labute approximate surface area is 159 Å². The first-order valence-corrected chi connectivity index (χ1v) is 8.61. The van der Waals surface area contributed by atoms with E-state index >= 15 is 0 Å². The van der Waals surface area contributed by atoms with Crippen LogP contribution in [-0.2, 0) is 4.74 Å². The van der Waals surface area contributed by atoms with Gasteiger partial charge >= 0.3 is 5.97 Å². The highest BCUT2D eigenvalue weighted by atomic mass is 16.5. The summed E-state index contributed by atoms with van der Waals surface area (Å²) in [4.78, 5) is 11.4. The van der Waals surface area contributed by atoms with Gasteiger partial charge in [-0.25, -0.2) is 4.79 Å². The van der Waals surface area contributed by atoms with Crippen LogP contribution in [0.3, 0.4) is 0 Å². The fourth-order valence-electron chi connectivity index (χ4n) is 2.50. The van der Waals surface area contributed by atoms with Crippen LogP contribution in [0.5, 0.6) is 11.5 Å². The Kier molecular flexibility index (Phi) is 6.21. The summed E-state index contributed by atoms with van der Waals surface area (Å²) >= 11 is 0. The Bertz CT molecular complexity index is 939. The fraction of sp³-hybridized carbons (Fsp3) is 0.0417. The van der Waals surface area contributed by atoms with Gasteiger partial charge in [0.1, 0.15) is 11.5 Å². The molecule has 0 saturated carbocycles. The largest absolute Gasteiger partial charge is 0.465 e. The first-order valence-electron chi connectivity index (χ1n) is 8.61. The second kappa shape index (κ2) is 9.20. The molecule has 0 fully saturated rings. The van der Waals surface area contributed by atoms with Crippen LogP contribution in [0.4, 0.5) is 0 Å². The maximum absolute atomic E-state index is 11.4. The Hall–Kier alpha value is -3.59. The number of hydrogen-bond acceptors (Lipinski definition) is 3. The molecule has 0 N–H and O–H groups in total. The van der Waals surface area contributed by atoms with Crippen molar-refractivity contribution in [3.63, 3.8) is 0 Å². The summed E-state index contributed by atoms with van der Waals surface area (Å²) in [5, 5.41) is 0. The molecule has 27 heavy (non-hydrogen) atoms. The highest BCUT2D eigenvalue weighted by molar-refractivity contribution is 5.89. The van der Waals surface area contributed by atoms with Crippen molar-refractivity contribution < 1.29 is 14.3 Å². The molecule has 0 aliphatic heterocycles. The molecule has 0 aliphatic rings. The summed E-state index contributed by atoms with van der Waals surface area (Å²) < 4.78 is 10.6. The molecule has 0 atom stereocenters. The summed E-state index contributed by atoms with van der Waals surface area (Å²) in [6.07, 6.45) is 7.88. The van der Waals surface area contributed by atoms with Crippen LogP contribution in [-0.4, -0.2) is 13.1 Å². The van der Waals surface area contributed by atoms with Gasteiger partial charge in [-0.3, -0.25) is 0 Å². The molecule has 0 amide bonds. The maximum atomic E-state index is 11.4. The lowest BCUT2D eigenvalue weighted by Gasteiger charge is -2.08. The molecule has 3 aromatic carbocycles. The van der Waals surface area contributed by atoms with E-state index in [4.69, 9.17) is 9.47 Å². The van der Waals surface area contributed by atoms with Gasteiger partial charge in [0.05, 0.1) is 12.7 Å². The average molecular weight is 356 g/mol. The lowest BCUT2D eigenvalue weighted by molar-refractivity contribution is 0.0600. The van der Waals surface area contributed by atoms with Crippen LogP contribution in [0.1, 0.15) is 21.5 Å². The van der Waals surface area contributed by atoms with Crippen LogP contribution >= 0.6 is 0 Å². The number of benzene rings is 3. The van der Waals surface area contributed by atoms with Gasteiger partial charge in [-0.15, -0.1) is 0 Å². The van der Waals surface area contributed by atoms with Crippen LogP contribution in [0.2, 0.25) is 0 Å². The van der Waals surface area contributed by atoms with Gasteiger partial charge in [0.25, 0.3) is 0 Å². The van der Waals surface area contributed by atoms with Gasteiger partial charge in [-0.1, -0.05) is 72.8 Å². The van der Waals surface area contributed by atoms with Crippen LogP contribution in [0.15, 0.2) is 91.0 Å². The van der Waals surface area contributed by atoms with E-state index in [9.17, 15) is 4.79 Å². The van der Waals surface area contributed by atoms with E-state index in [2.05, 4.69) is 0 Å². The number of carbonyl (C=O) groups is 1. The molecule has 0 aromatic heterocycles. The van der Waals surface area contributed by atoms with Gasteiger partial charge in [-0.2, -0.15) is 0 Å². The third-order valence-electron chi connectivity index (χ3n) is 3.90. The normalized spacial score (nSPS) is 11.0. The number of methoxy groups -OCH3 is 1. The minimum absolute atomic E-state index is 0.333. The average Bonchev–Trinajstić information content (AvgIpc) is 2.73. The molecule has 3 aromatic rings. The summed E-state index contributed by atoms with van der Waals surface area (Å²) in [5.74, 6) is 1.27. The van der Waals surface area contributed by atoms with E-state index in [1.54, 1.807) is 12.1 Å². The Balaban J connectivity index is 1.68. The van der Waals surface area contributed by atoms with Crippen molar-refractivity contribution >= 4 is 18.1 Å². The minimum Gasteiger partial charge on any atom is -0.465 e. The number of allylic oxidation sites excluding steroid dienone is 2. The molecule has 0 bridgehead atoms. The fourth-order valence-corrected chi connectivity index (χ4v) is 2.50. The van der Waals surface area contributed by atoms with Crippen molar-refractivity contribution in [1.29, 1.82) is 0 Å². The smallest absolute Gasteiger partial charge is 0.337 e. The predicted molar refractivity (Wildman–Crippen MR) is 109 cm³/mol. The van der Waals surface area contributed by atoms with Crippen molar-refractivity contribution in [2.45, 2.75) is 0 Å². The lowest BCUT2D eigenvalue weighted by atomic mass is 10.1. The zero-order valence-electron chi connectivity index (χ0n) is 15.0. The third-order valence-corrected chi connectivity index (χ3v) is 3.90. The maximum Gasteiger partial charge on any atom is 0.337 e. The van der Waals surface area contributed by atoms with Gasteiger partial charge in [0, 0.05) is 5.56 Å². The van der Waals surface area contributed by atoms with E-state index < -0.39 is 0 Å². The number of rotatable bonds is 6. The molecule has 0 heterocycles. The predicted octanol–water partition coefficient (Wildman–Crippen LogP) is 5.99. The topological polar surface area (TPSA) is 35.5 Å². The number of esters is 1.